The summed E-state index contributed by atoms with van der Waals surface area (Å²) in [5.41, 5.74) is 0.643. The van der Waals surface area contributed by atoms with Crippen LogP contribution in [0.15, 0.2) is 18.2 Å². The molecule has 92 valence electrons. The minimum Gasteiger partial charge on any atom is -0.497 e. The predicted octanol–water partition coefficient (Wildman–Crippen LogP) is 3.08. The molecule has 0 aromatic heterocycles. The van der Waals surface area contributed by atoms with E-state index in [1.54, 1.807) is 13.2 Å². The van der Waals surface area contributed by atoms with Crippen molar-refractivity contribution in [1.82, 2.24) is 0 Å². The van der Waals surface area contributed by atoms with E-state index in [0.29, 0.717) is 29.4 Å². The largest absolute Gasteiger partial charge is 0.497 e. The van der Waals surface area contributed by atoms with Crippen LogP contribution >= 0.6 is 0 Å². The lowest BCUT2D eigenvalue weighted by Gasteiger charge is -2.26. The predicted molar refractivity (Wildman–Crippen MR) is 65.8 cm³/mol. The van der Waals surface area contributed by atoms with E-state index in [0.717, 1.165) is 6.42 Å². The van der Waals surface area contributed by atoms with Crippen LogP contribution in [0, 0.1) is 5.92 Å². The van der Waals surface area contributed by atoms with Gasteiger partial charge in [-0.1, -0.05) is 13.8 Å². The summed E-state index contributed by atoms with van der Waals surface area (Å²) in [4.78, 5) is 12.0. The molecule has 1 aliphatic heterocycles. The van der Waals surface area contributed by atoms with E-state index in [2.05, 4.69) is 13.8 Å². The number of ether oxygens (including phenoxy) is 2. The second-order valence-corrected chi connectivity index (χ2v) is 4.86. The quantitative estimate of drug-likeness (QED) is 0.806. The molecule has 2 rings (SSSR count). The first kappa shape index (κ1) is 12.0. The summed E-state index contributed by atoms with van der Waals surface area (Å²) in [5.74, 6) is 2.07. The molecule has 3 nitrogen and oxygen atoms in total. The highest BCUT2D eigenvalue weighted by Crippen LogP contribution is 2.32. The van der Waals surface area contributed by atoms with Crippen molar-refractivity contribution in [3.8, 4) is 11.5 Å². The van der Waals surface area contributed by atoms with Gasteiger partial charge in [-0.2, -0.15) is 0 Å². The fourth-order valence-corrected chi connectivity index (χ4v) is 2.15. The van der Waals surface area contributed by atoms with Gasteiger partial charge < -0.3 is 9.47 Å². The summed E-state index contributed by atoms with van der Waals surface area (Å²) in [5, 5.41) is 0. The van der Waals surface area contributed by atoms with Gasteiger partial charge >= 0.3 is 0 Å². The molecule has 0 radical (unpaired) electrons. The number of hydrogen-bond donors (Lipinski definition) is 0. The lowest BCUT2D eigenvalue weighted by Crippen LogP contribution is -2.28. The third-order valence-electron chi connectivity index (χ3n) is 2.93. The Labute approximate surface area is 102 Å². The third-order valence-corrected chi connectivity index (χ3v) is 2.93. The molecule has 1 unspecified atom stereocenters. The van der Waals surface area contributed by atoms with Crippen LogP contribution in [0.25, 0.3) is 0 Å². The first-order valence-corrected chi connectivity index (χ1v) is 5.98. The molecule has 0 N–H and O–H groups in total. The van der Waals surface area contributed by atoms with Crippen LogP contribution in [0.5, 0.6) is 11.5 Å². The molecule has 0 bridgehead atoms. The Morgan fingerprint density at radius 1 is 1.47 bits per heavy atom. The van der Waals surface area contributed by atoms with Crippen molar-refractivity contribution >= 4 is 5.78 Å². The summed E-state index contributed by atoms with van der Waals surface area (Å²) in [6, 6.07) is 5.39. The Balaban J connectivity index is 2.23. The summed E-state index contributed by atoms with van der Waals surface area (Å²) < 4.78 is 10.9. The van der Waals surface area contributed by atoms with Crippen LogP contribution in [0.2, 0.25) is 0 Å². The molecule has 3 heteroatoms. The Hall–Kier alpha value is -1.51. The average Bonchev–Trinajstić information content (AvgIpc) is 2.28. The zero-order valence-electron chi connectivity index (χ0n) is 10.5. The van der Waals surface area contributed by atoms with Crippen molar-refractivity contribution in [3.63, 3.8) is 0 Å². The normalized spacial score (nSPS) is 18.8. The highest BCUT2D eigenvalue weighted by molar-refractivity contribution is 6.00. The van der Waals surface area contributed by atoms with Gasteiger partial charge in [0.15, 0.2) is 5.78 Å². The highest BCUT2D eigenvalue weighted by Gasteiger charge is 2.27. The van der Waals surface area contributed by atoms with E-state index in [1.165, 1.54) is 0 Å². The zero-order valence-corrected chi connectivity index (χ0v) is 10.5. The number of benzene rings is 1. The van der Waals surface area contributed by atoms with E-state index in [-0.39, 0.29) is 11.9 Å². The number of ketones is 1. The van der Waals surface area contributed by atoms with Gasteiger partial charge in [0.25, 0.3) is 0 Å². The van der Waals surface area contributed by atoms with E-state index >= 15 is 0 Å². The van der Waals surface area contributed by atoms with E-state index in [1.807, 2.05) is 12.1 Å². The number of carbonyl (C=O) groups excluding carboxylic acids is 1. The van der Waals surface area contributed by atoms with Crippen LogP contribution in [0.4, 0.5) is 0 Å². The number of methoxy groups -OCH3 is 1. The Morgan fingerprint density at radius 3 is 2.88 bits per heavy atom. The van der Waals surface area contributed by atoms with Crippen molar-refractivity contribution in [3.05, 3.63) is 23.8 Å². The van der Waals surface area contributed by atoms with Crippen molar-refractivity contribution in [1.29, 1.82) is 0 Å². The second kappa shape index (κ2) is 4.78. The summed E-state index contributed by atoms with van der Waals surface area (Å²) >= 11 is 0. The topological polar surface area (TPSA) is 35.5 Å². The molecule has 1 aliphatic rings. The van der Waals surface area contributed by atoms with Crippen LogP contribution in [0.1, 0.15) is 37.0 Å². The van der Waals surface area contributed by atoms with E-state index < -0.39 is 0 Å². The highest BCUT2D eigenvalue weighted by atomic mass is 16.5. The standard InChI is InChI=1S/C14H18O3/c1-9(2)6-11-8-13(15)12-7-10(16-3)4-5-14(12)17-11/h4-5,7,9,11H,6,8H2,1-3H3. The molecule has 0 saturated carbocycles. The lowest BCUT2D eigenvalue weighted by molar-refractivity contribution is 0.0819. The second-order valence-electron chi connectivity index (χ2n) is 4.86. The molecule has 1 aromatic rings. The van der Waals surface area contributed by atoms with Crippen LogP contribution in [-0.4, -0.2) is 19.0 Å². The van der Waals surface area contributed by atoms with Crippen LogP contribution < -0.4 is 9.47 Å². The fourth-order valence-electron chi connectivity index (χ4n) is 2.15. The van der Waals surface area contributed by atoms with Gasteiger partial charge in [-0.25, -0.2) is 0 Å². The number of Topliss-reactive ketones (excluding diaryl/α,β-unsaturated/α-hetero) is 1. The lowest BCUT2D eigenvalue weighted by atomic mass is 9.95. The Kier molecular flexibility index (Phi) is 3.36. The molecule has 0 saturated heterocycles. The molecular formula is C14H18O3. The molecule has 0 fully saturated rings. The van der Waals surface area contributed by atoms with Crippen molar-refractivity contribution in [2.75, 3.05) is 7.11 Å². The van der Waals surface area contributed by atoms with Gasteiger partial charge in [0.05, 0.1) is 12.7 Å². The number of rotatable bonds is 3. The summed E-state index contributed by atoms with van der Waals surface area (Å²) in [6.07, 6.45) is 1.40. The van der Waals surface area contributed by atoms with Gasteiger partial charge in [-0.15, -0.1) is 0 Å². The van der Waals surface area contributed by atoms with Crippen LogP contribution in [-0.2, 0) is 0 Å². The number of hydrogen-bond acceptors (Lipinski definition) is 3. The molecule has 0 spiro atoms. The van der Waals surface area contributed by atoms with E-state index in [4.69, 9.17) is 9.47 Å². The maximum absolute atomic E-state index is 12.0. The minimum absolute atomic E-state index is 0.0170. The van der Waals surface area contributed by atoms with Gasteiger partial charge in [-0.05, 0) is 30.5 Å². The molecule has 1 atom stereocenters. The first-order chi connectivity index (χ1) is 8.10. The summed E-state index contributed by atoms with van der Waals surface area (Å²) in [7, 11) is 1.59. The molecule has 17 heavy (non-hydrogen) atoms. The maximum atomic E-state index is 12.0. The smallest absolute Gasteiger partial charge is 0.170 e. The Bertz CT molecular complexity index is 423. The van der Waals surface area contributed by atoms with Gasteiger partial charge in [0.2, 0.25) is 0 Å². The number of carbonyl (C=O) groups is 1. The molecule has 0 amide bonds. The monoisotopic (exact) mass is 234 g/mol. The molecule has 0 aliphatic carbocycles. The maximum Gasteiger partial charge on any atom is 0.170 e. The zero-order chi connectivity index (χ0) is 12.4. The molecular weight excluding hydrogens is 216 g/mol. The van der Waals surface area contributed by atoms with Crippen molar-refractivity contribution in [2.45, 2.75) is 32.8 Å². The van der Waals surface area contributed by atoms with Crippen molar-refractivity contribution < 1.29 is 14.3 Å². The third kappa shape index (κ3) is 2.60. The molecule has 1 heterocycles. The molecule has 1 aromatic carbocycles. The van der Waals surface area contributed by atoms with Crippen LogP contribution in [0.3, 0.4) is 0 Å². The minimum atomic E-state index is 0.0170. The number of fused-ring (bicyclic) bond motifs is 1. The average molecular weight is 234 g/mol. The van der Waals surface area contributed by atoms with E-state index in [9.17, 15) is 4.79 Å². The SMILES string of the molecule is COc1ccc2c(c1)C(=O)CC(CC(C)C)O2. The van der Waals surface area contributed by atoms with Gasteiger partial charge in [0, 0.05) is 6.42 Å². The van der Waals surface area contributed by atoms with Crippen molar-refractivity contribution in [2.24, 2.45) is 5.92 Å². The summed E-state index contributed by atoms with van der Waals surface area (Å²) in [6.45, 7) is 4.27. The fraction of sp³-hybridized carbons (Fsp3) is 0.500. The van der Waals surface area contributed by atoms with Gasteiger partial charge in [-0.3, -0.25) is 4.79 Å². The Morgan fingerprint density at radius 2 is 2.24 bits per heavy atom. The first-order valence-electron chi connectivity index (χ1n) is 5.98. The van der Waals surface area contributed by atoms with Gasteiger partial charge in [0.1, 0.15) is 17.6 Å².